The molecule has 0 aliphatic rings. The van der Waals surface area contributed by atoms with Gasteiger partial charge in [-0.05, 0) is 47.0 Å². The minimum absolute atomic E-state index is 0.153. The van der Waals surface area contributed by atoms with Crippen LogP contribution in [0.1, 0.15) is 11.1 Å². The van der Waals surface area contributed by atoms with Crippen molar-refractivity contribution in [2.24, 2.45) is 0 Å². The monoisotopic (exact) mass is 306 g/mol. The molecule has 3 aromatic rings. The van der Waals surface area contributed by atoms with Crippen molar-refractivity contribution in [2.75, 3.05) is 7.11 Å². The summed E-state index contributed by atoms with van der Waals surface area (Å²) >= 11 is 0. The van der Waals surface area contributed by atoms with Crippen molar-refractivity contribution in [3.05, 3.63) is 77.9 Å². The minimum atomic E-state index is 0.153. The molecule has 0 saturated carbocycles. The fourth-order valence-electron chi connectivity index (χ4n) is 2.65. The van der Waals surface area contributed by atoms with Gasteiger partial charge in [0.25, 0.3) is 0 Å². The Morgan fingerprint density at radius 1 is 0.826 bits per heavy atom. The van der Waals surface area contributed by atoms with Crippen LogP contribution in [0.25, 0.3) is 11.1 Å². The van der Waals surface area contributed by atoms with Crippen LogP contribution in [0.3, 0.4) is 0 Å². The molecule has 0 atom stereocenters. The lowest BCUT2D eigenvalue weighted by Gasteiger charge is -2.12. The number of rotatable bonds is 4. The molecule has 2 N–H and O–H groups in total. The van der Waals surface area contributed by atoms with Gasteiger partial charge in [0.2, 0.25) is 0 Å². The molecule has 0 saturated heterocycles. The second-order valence-corrected chi connectivity index (χ2v) is 5.38. The van der Waals surface area contributed by atoms with E-state index >= 15 is 0 Å². The number of aromatic hydroxyl groups is 2. The molecule has 3 nitrogen and oxygen atoms in total. The molecular weight excluding hydrogens is 288 g/mol. The van der Waals surface area contributed by atoms with E-state index in [1.807, 2.05) is 42.5 Å². The highest BCUT2D eigenvalue weighted by Gasteiger charge is 2.09. The van der Waals surface area contributed by atoms with Crippen molar-refractivity contribution in [3.63, 3.8) is 0 Å². The number of hydrogen-bond donors (Lipinski definition) is 2. The maximum atomic E-state index is 10.00. The smallest absolute Gasteiger partial charge is 0.119 e. The van der Waals surface area contributed by atoms with Crippen LogP contribution in [-0.2, 0) is 6.42 Å². The van der Waals surface area contributed by atoms with Crippen LogP contribution >= 0.6 is 0 Å². The SMILES string of the molecule is COc1ccc(-c2ccccc2Cc2cc(O)ccc2O)cc1. The Morgan fingerprint density at radius 2 is 1.57 bits per heavy atom. The van der Waals surface area contributed by atoms with E-state index in [-0.39, 0.29) is 11.5 Å². The zero-order valence-electron chi connectivity index (χ0n) is 12.9. The first-order valence-electron chi connectivity index (χ1n) is 7.40. The second kappa shape index (κ2) is 6.44. The van der Waals surface area contributed by atoms with Gasteiger partial charge >= 0.3 is 0 Å². The maximum absolute atomic E-state index is 10.00. The van der Waals surface area contributed by atoms with Crippen LogP contribution in [0.2, 0.25) is 0 Å². The molecule has 3 heteroatoms. The first-order valence-corrected chi connectivity index (χ1v) is 7.40. The van der Waals surface area contributed by atoms with Gasteiger partial charge in [-0.25, -0.2) is 0 Å². The summed E-state index contributed by atoms with van der Waals surface area (Å²) in [6, 6.07) is 20.5. The summed E-state index contributed by atoms with van der Waals surface area (Å²) in [7, 11) is 1.65. The molecule has 0 aliphatic carbocycles. The van der Waals surface area contributed by atoms with E-state index in [0.29, 0.717) is 12.0 Å². The zero-order valence-corrected chi connectivity index (χ0v) is 12.9. The number of hydrogen-bond acceptors (Lipinski definition) is 3. The third kappa shape index (κ3) is 3.29. The molecule has 0 spiro atoms. The Bertz CT molecular complexity index is 807. The molecule has 0 fully saturated rings. The predicted octanol–water partition coefficient (Wildman–Crippen LogP) is 4.36. The summed E-state index contributed by atoms with van der Waals surface area (Å²) in [6.45, 7) is 0. The van der Waals surface area contributed by atoms with Gasteiger partial charge in [0.1, 0.15) is 17.2 Å². The molecule has 0 bridgehead atoms. The van der Waals surface area contributed by atoms with Gasteiger partial charge in [-0.15, -0.1) is 0 Å². The normalized spacial score (nSPS) is 10.5. The third-order valence-electron chi connectivity index (χ3n) is 3.86. The Balaban J connectivity index is 1.98. The van der Waals surface area contributed by atoms with Crippen LogP contribution in [0.5, 0.6) is 17.2 Å². The van der Waals surface area contributed by atoms with Crippen molar-refractivity contribution in [1.29, 1.82) is 0 Å². The lowest BCUT2D eigenvalue weighted by molar-refractivity contribution is 0.415. The fraction of sp³-hybridized carbons (Fsp3) is 0.100. The molecule has 0 amide bonds. The summed E-state index contributed by atoms with van der Waals surface area (Å²) in [5.74, 6) is 1.16. The van der Waals surface area contributed by atoms with Crippen LogP contribution in [0.15, 0.2) is 66.7 Å². The van der Waals surface area contributed by atoms with E-state index < -0.39 is 0 Å². The molecule has 3 rings (SSSR count). The average molecular weight is 306 g/mol. The highest BCUT2D eigenvalue weighted by molar-refractivity contribution is 5.68. The van der Waals surface area contributed by atoms with Crippen LogP contribution in [0.4, 0.5) is 0 Å². The van der Waals surface area contributed by atoms with E-state index in [4.69, 9.17) is 4.74 Å². The molecule has 0 aromatic heterocycles. The van der Waals surface area contributed by atoms with Gasteiger partial charge in [-0.2, -0.15) is 0 Å². The fourth-order valence-corrected chi connectivity index (χ4v) is 2.65. The topological polar surface area (TPSA) is 49.7 Å². The number of ether oxygens (including phenoxy) is 1. The second-order valence-electron chi connectivity index (χ2n) is 5.38. The Labute approximate surface area is 135 Å². The van der Waals surface area contributed by atoms with E-state index in [1.54, 1.807) is 13.2 Å². The molecule has 23 heavy (non-hydrogen) atoms. The molecular formula is C20H18O3. The van der Waals surface area contributed by atoms with Gasteiger partial charge in [0, 0.05) is 12.0 Å². The van der Waals surface area contributed by atoms with Crippen molar-refractivity contribution in [1.82, 2.24) is 0 Å². The number of methoxy groups -OCH3 is 1. The minimum Gasteiger partial charge on any atom is -0.508 e. The van der Waals surface area contributed by atoms with Crippen molar-refractivity contribution < 1.29 is 14.9 Å². The van der Waals surface area contributed by atoms with E-state index in [0.717, 1.165) is 22.4 Å². The largest absolute Gasteiger partial charge is 0.508 e. The highest BCUT2D eigenvalue weighted by Crippen LogP contribution is 2.30. The van der Waals surface area contributed by atoms with E-state index in [2.05, 4.69) is 6.07 Å². The number of benzene rings is 3. The lowest BCUT2D eigenvalue weighted by atomic mass is 9.94. The van der Waals surface area contributed by atoms with Gasteiger partial charge < -0.3 is 14.9 Å². The van der Waals surface area contributed by atoms with Crippen LogP contribution < -0.4 is 4.74 Å². The maximum Gasteiger partial charge on any atom is 0.119 e. The quantitative estimate of drug-likeness (QED) is 0.704. The molecule has 116 valence electrons. The molecule has 0 unspecified atom stereocenters. The van der Waals surface area contributed by atoms with Crippen LogP contribution in [-0.4, -0.2) is 17.3 Å². The van der Waals surface area contributed by atoms with E-state index in [9.17, 15) is 10.2 Å². The van der Waals surface area contributed by atoms with Crippen molar-refractivity contribution in [3.8, 4) is 28.4 Å². The summed E-state index contributed by atoms with van der Waals surface area (Å²) in [5, 5.41) is 19.6. The number of phenolic OH excluding ortho intramolecular Hbond substituents is 2. The highest BCUT2D eigenvalue weighted by atomic mass is 16.5. The average Bonchev–Trinajstić information content (AvgIpc) is 2.59. The summed E-state index contributed by atoms with van der Waals surface area (Å²) in [5.41, 5.74) is 3.96. The lowest BCUT2D eigenvalue weighted by Crippen LogP contribution is -1.93. The number of phenols is 2. The molecule has 3 aromatic carbocycles. The predicted molar refractivity (Wildman–Crippen MR) is 91.0 cm³/mol. The summed E-state index contributed by atoms with van der Waals surface area (Å²) < 4.78 is 5.20. The Kier molecular flexibility index (Phi) is 4.20. The van der Waals surface area contributed by atoms with Gasteiger partial charge in [0.15, 0.2) is 0 Å². The first kappa shape index (κ1) is 15.0. The third-order valence-corrected chi connectivity index (χ3v) is 3.86. The van der Waals surface area contributed by atoms with Gasteiger partial charge in [-0.1, -0.05) is 36.4 Å². The summed E-state index contributed by atoms with van der Waals surface area (Å²) in [4.78, 5) is 0. The molecule has 0 aliphatic heterocycles. The van der Waals surface area contributed by atoms with Crippen LogP contribution in [0, 0.1) is 0 Å². The first-order chi connectivity index (χ1) is 11.2. The molecule has 0 radical (unpaired) electrons. The molecule has 0 heterocycles. The van der Waals surface area contributed by atoms with E-state index in [1.165, 1.54) is 12.1 Å². The van der Waals surface area contributed by atoms with Crippen molar-refractivity contribution >= 4 is 0 Å². The van der Waals surface area contributed by atoms with Crippen molar-refractivity contribution in [2.45, 2.75) is 6.42 Å². The van der Waals surface area contributed by atoms with Gasteiger partial charge in [0.05, 0.1) is 7.11 Å². The van der Waals surface area contributed by atoms with Gasteiger partial charge in [-0.3, -0.25) is 0 Å². The Hall–Kier alpha value is -2.94. The standard InChI is InChI=1S/C20H18O3/c1-23-18-9-6-14(7-10-18)19-5-3-2-4-15(19)12-16-13-17(21)8-11-20(16)22/h2-11,13,21-22H,12H2,1H3. The zero-order chi connectivity index (χ0) is 16.2. The Morgan fingerprint density at radius 3 is 2.30 bits per heavy atom. The summed E-state index contributed by atoms with van der Waals surface area (Å²) in [6.07, 6.45) is 0.544.